The summed E-state index contributed by atoms with van der Waals surface area (Å²) < 4.78 is 7.92. The van der Waals surface area contributed by atoms with Gasteiger partial charge >= 0.3 is 6.16 Å². The van der Waals surface area contributed by atoms with Gasteiger partial charge in [0.15, 0.2) is 16.3 Å². The van der Waals surface area contributed by atoms with Gasteiger partial charge < -0.3 is 8.57 Å². The van der Waals surface area contributed by atoms with Crippen molar-refractivity contribution in [2.45, 2.75) is 0 Å². The maximum absolute atomic E-state index is 9.85. The van der Waals surface area contributed by atoms with Gasteiger partial charge in [0, 0.05) is 0 Å². The predicted octanol–water partition coefficient (Wildman–Crippen LogP) is 1.59. The number of hydrogen-bond acceptors (Lipinski definition) is 3. The van der Waals surface area contributed by atoms with E-state index in [1.807, 2.05) is 0 Å². The van der Waals surface area contributed by atoms with Gasteiger partial charge in [-0.3, -0.25) is 0 Å². The molecule has 0 aliphatic rings. The van der Waals surface area contributed by atoms with Crippen LogP contribution in [0, 0.1) is 0 Å². The Labute approximate surface area is 49.4 Å². The topological polar surface area (TPSA) is 35.5 Å². The van der Waals surface area contributed by atoms with E-state index in [9.17, 15) is 4.79 Å². The molecule has 0 spiro atoms. The van der Waals surface area contributed by atoms with Gasteiger partial charge in [0.25, 0.3) is 0 Å². The number of carbonyl (C=O) groups is 1. The largest absolute Gasteiger partial charge is 0.525 e. The van der Waals surface area contributed by atoms with Gasteiger partial charge in [-0.05, 0) is 0 Å². The molecule has 0 saturated heterocycles. The fraction of sp³-hybridized carbons (Fsp3) is 0. The number of hydrogen-bond donors (Lipinski definition) is 0. The summed E-state index contributed by atoms with van der Waals surface area (Å²) in [4.78, 5) is 9.85. The number of halogens is 1. The van der Waals surface area contributed by atoms with Crippen LogP contribution in [-0.2, 0) is 8.57 Å². The molecule has 0 fully saturated rings. The van der Waals surface area contributed by atoms with Gasteiger partial charge in [-0.25, -0.2) is 4.79 Å². The zero-order valence-electron chi connectivity index (χ0n) is 3.39. The van der Waals surface area contributed by atoms with Crippen molar-refractivity contribution in [2.24, 2.45) is 0 Å². The highest BCUT2D eigenvalue weighted by molar-refractivity contribution is 9.06. The van der Waals surface area contributed by atoms with Crippen molar-refractivity contribution in [1.82, 2.24) is 0 Å². The zero-order chi connectivity index (χ0) is 5.70. The minimum Gasteiger partial charge on any atom is -0.403 e. The molecule has 0 unspecified atom stereocenters. The third-order valence-electron chi connectivity index (χ3n) is 0.243. The first kappa shape index (κ1) is 6.49. The van der Waals surface area contributed by atoms with Crippen molar-refractivity contribution in [3.8, 4) is 0 Å². The molecule has 0 aliphatic heterocycles. The lowest BCUT2D eigenvalue weighted by Gasteiger charge is -1.87. The molecule has 7 heavy (non-hydrogen) atoms. The lowest BCUT2D eigenvalue weighted by molar-refractivity contribution is 0.147. The molecule has 0 heterocycles. The van der Waals surface area contributed by atoms with Crippen LogP contribution in [-0.4, -0.2) is 6.16 Å². The molecule has 3 nitrogen and oxygen atoms in total. The predicted molar refractivity (Wildman–Crippen MR) is 26.7 cm³/mol. The van der Waals surface area contributed by atoms with Crippen LogP contribution < -0.4 is 0 Å². The molecule has 0 N–H and O–H groups in total. The average Bonchev–Trinajstić information content (AvgIpc) is 1.68. The zero-order valence-corrected chi connectivity index (χ0v) is 4.97. The van der Waals surface area contributed by atoms with Crippen molar-refractivity contribution in [3.05, 3.63) is 12.8 Å². The average molecular weight is 167 g/mol. The highest BCUT2D eigenvalue weighted by Gasteiger charge is 1.93. The summed E-state index contributed by atoms with van der Waals surface area (Å²) in [6.07, 6.45) is 0.152. The van der Waals surface area contributed by atoms with Gasteiger partial charge in [-0.15, -0.1) is 0 Å². The van der Waals surface area contributed by atoms with Crippen LogP contribution in [0.1, 0.15) is 0 Å². The van der Waals surface area contributed by atoms with Crippen LogP contribution >= 0.6 is 16.3 Å². The second-order valence-corrected chi connectivity index (χ2v) is 0.935. The number of ether oxygens (including phenoxy) is 1. The second-order valence-electron chi connectivity index (χ2n) is 0.612. The lowest BCUT2D eigenvalue weighted by atomic mass is 11.1. The Kier molecular flexibility index (Phi) is 3.40. The molecule has 4 heteroatoms. The Bertz CT molecular complexity index is 80.2. The van der Waals surface area contributed by atoms with E-state index >= 15 is 0 Å². The molecule has 0 radical (unpaired) electrons. The maximum atomic E-state index is 9.85. The number of rotatable bonds is 1. The van der Waals surface area contributed by atoms with E-state index in [4.69, 9.17) is 0 Å². The molecule has 0 aromatic heterocycles. The quantitative estimate of drug-likeness (QED) is 0.439. The molecule has 0 aromatic rings. The van der Waals surface area contributed by atoms with Gasteiger partial charge in [0.2, 0.25) is 0 Å². The first-order valence-electron chi connectivity index (χ1n) is 1.41. The molecule has 0 aromatic carbocycles. The molecule has 0 aliphatic carbocycles. The summed E-state index contributed by atoms with van der Waals surface area (Å²) in [6.45, 7) is 3.10. The van der Waals surface area contributed by atoms with Crippen LogP contribution in [0.25, 0.3) is 0 Å². The Hall–Kier alpha value is -0.510. The maximum Gasteiger partial charge on any atom is 0.525 e. The molecule has 40 valence electrons. The first-order chi connectivity index (χ1) is 3.31. The van der Waals surface area contributed by atoms with E-state index < -0.39 is 6.16 Å². The molecule has 0 saturated carbocycles. The summed E-state index contributed by atoms with van der Waals surface area (Å²) in [7, 11) is 0. The molecule has 0 atom stereocenters. The van der Waals surface area contributed by atoms with E-state index in [1.165, 1.54) is 0 Å². The fourth-order valence-corrected chi connectivity index (χ4v) is 0.163. The highest BCUT2D eigenvalue weighted by Crippen LogP contribution is 1.89. The Morgan fingerprint density at radius 2 is 2.43 bits per heavy atom. The van der Waals surface area contributed by atoms with Crippen LogP contribution in [0.3, 0.4) is 0 Å². The summed E-state index contributed by atoms with van der Waals surface area (Å²) in [6, 6.07) is 0. The summed E-state index contributed by atoms with van der Waals surface area (Å²) in [5.41, 5.74) is 0. The third-order valence-corrected chi connectivity index (χ3v) is 0.507. The van der Waals surface area contributed by atoms with Crippen molar-refractivity contribution in [1.29, 1.82) is 0 Å². The van der Waals surface area contributed by atoms with Crippen LogP contribution in [0.5, 0.6) is 0 Å². The van der Waals surface area contributed by atoms with E-state index in [0.29, 0.717) is 0 Å². The normalized spacial score (nSPS) is 7.00. The first-order valence-corrected chi connectivity index (χ1v) is 2.06. The summed E-state index contributed by atoms with van der Waals surface area (Å²) >= 11 is 2.39. The second kappa shape index (κ2) is 3.67. The van der Waals surface area contributed by atoms with E-state index in [2.05, 4.69) is 31.4 Å². The molecule has 0 rings (SSSR count). The van der Waals surface area contributed by atoms with Crippen molar-refractivity contribution in [2.75, 3.05) is 0 Å². The van der Waals surface area contributed by atoms with E-state index in [0.717, 1.165) is 6.26 Å². The summed E-state index contributed by atoms with van der Waals surface area (Å²) in [5, 5.41) is 0. The summed E-state index contributed by atoms with van der Waals surface area (Å²) in [5.74, 6) is 0. The molecule has 0 amide bonds. The van der Waals surface area contributed by atoms with E-state index in [1.54, 1.807) is 0 Å². The van der Waals surface area contributed by atoms with Gasteiger partial charge in [-0.2, -0.15) is 0 Å². The molecular formula is C3H3BrO3. The molecular weight excluding hydrogens is 164 g/mol. The fourth-order valence-electron chi connectivity index (χ4n) is 0.0862. The lowest BCUT2D eigenvalue weighted by Crippen LogP contribution is -1.92. The standard InChI is InChI=1S/C3H3BrO3/c1-2-6-3(5)7-4/h2H,1H2. The highest BCUT2D eigenvalue weighted by atomic mass is 79.9. The minimum atomic E-state index is -0.824. The van der Waals surface area contributed by atoms with Crippen LogP contribution in [0.2, 0.25) is 0 Å². The Morgan fingerprint density at radius 3 is 2.57 bits per heavy atom. The third kappa shape index (κ3) is 3.32. The Balaban J connectivity index is 3.17. The van der Waals surface area contributed by atoms with Crippen molar-refractivity contribution in [3.63, 3.8) is 0 Å². The van der Waals surface area contributed by atoms with Crippen molar-refractivity contribution >= 4 is 22.4 Å². The SMILES string of the molecule is C=COC(=O)OBr. The number of carbonyl (C=O) groups excluding carboxylic acids is 1. The van der Waals surface area contributed by atoms with Crippen molar-refractivity contribution < 1.29 is 13.4 Å². The van der Waals surface area contributed by atoms with Crippen LogP contribution in [0.15, 0.2) is 12.8 Å². The smallest absolute Gasteiger partial charge is 0.403 e. The monoisotopic (exact) mass is 166 g/mol. The van der Waals surface area contributed by atoms with E-state index in [-0.39, 0.29) is 0 Å². The van der Waals surface area contributed by atoms with Crippen LogP contribution in [0.4, 0.5) is 4.79 Å². The minimum absolute atomic E-state index is 0.824. The van der Waals surface area contributed by atoms with Gasteiger partial charge in [0.1, 0.15) is 0 Å². The van der Waals surface area contributed by atoms with Gasteiger partial charge in [-0.1, -0.05) is 6.58 Å². The Morgan fingerprint density at radius 1 is 1.86 bits per heavy atom. The molecule has 0 bridgehead atoms. The van der Waals surface area contributed by atoms with Gasteiger partial charge in [0.05, 0.1) is 6.26 Å².